The van der Waals surface area contributed by atoms with Gasteiger partial charge in [-0.1, -0.05) is 46.9 Å². The van der Waals surface area contributed by atoms with E-state index in [0.29, 0.717) is 35.1 Å². The lowest BCUT2D eigenvalue weighted by molar-refractivity contribution is 0.537. The number of nitrogens with one attached hydrogen (secondary N) is 1. The summed E-state index contributed by atoms with van der Waals surface area (Å²) in [5, 5.41) is 4.05. The SMILES string of the molecule is Nc1nc(NCCc2ccc(S(=O)[O-])cc2)cc(-c2ccc(Cl)c(Cl)c2Cl)n1. The average molecular weight is 457 g/mol. The Morgan fingerprint density at radius 1 is 1.04 bits per heavy atom. The molecule has 0 aliphatic carbocycles. The van der Waals surface area contributed by atoms with Crippen molar-refractivity contribution in [2.45, 2.75) is 11.3 Å². The molecule has 0 saturated carbocycles. The van der Waals surface area contributed by atoms with Crippen LogP contribution in [0.1, 0.15) is 5.56 Å². The Kier molecular flexibility index (Phi) is 6.74. The Labute approximate surface area is 179 Å². The number of hydrogen-bond donors (Lipinski definition) is 2. The molecule has 6 nitrogen and oxygen atoms in total. The van der Waals surface area contributed by atoms with Crippen LogP contribution in [0.25, 0.3) is 11.3 Å². The van der Waals surface area contributed by atoms with Crippen molar-refractivity contribution < 1.29 is 8.76 Å². The minimum Gasteiger partial charge on any atom is -0.768 e. The van der Waals surface area contributed by atoms with Crippen molar-refractivity contribution in [2.24, 2.45) is 0 Å². The van der Waals surface area contributed by atoms with Gasteiger partial charge in [0.05, 0.1) is 20.8 Å². The van der Waals surface area contributed by atoms with E-state index in [1.807, 2.05) is 0 Å². The standard InChI is InChI=1S/C18H15Cl3N4O2S/c19-13-6-5-12(16(20)17(13)21)14-9-15(25-18(22)24-14)23-8-7-10-1-3-11(4-2-10)28(26)27/h1-6,9H,7-8H2,(H,26,27)(H3,22,23,24,25)/p-1. The Hall–Kier alpha value is -1.90. The zero-order valence-corrected chi connectivity index (χ0v) is 17.4. The van der Waals surface area contributed by atoms with Crippen molar-refractivity contribution in [3.63, 3.8) is 0 Å². The van der Waals surface area contributed by atoms with Gasteiger partial charge in [-0.05, 0) is 47.3 Å². The van der Waals surface area contributed by atoms with Gasteiger partial charge < -0.3 is 15.6 Å². The van der Waals surface area contributed by atoms with Gasteiger partial charge in [0.2, 0.25) is 5.95 Å². The highest BCUT2D eigenvalue weighted by molar-refractivity contribution is 7.79. The van der Waals surface area contributed by atoms with Crippen LogP contribution < -0.4 is 11.1 Å². The third-order valence-electron chi connectivity index (χ3n) is 3.89. The van der Waals surface area contributed by atoms with E-state index in [1.165, 1.54) is 0 Å². The first-order valence-corrected chi connectivity index (χ1v) is 10.3. The molecule has 1 heterocycles. The number of rotatable bonds is 6. The molecule has 0 saturated heterocycles. The highest BCUT2D eigenvalue weighted by Gasteiger charge is 2.13. The largest absolute Gasteiger partial charge is 0.768 e. The fraction of sp³-hybridized carbons (Fsp3) is 0.111. The van der Waals surface area contributed by atoms with Gasteiger partial charge in [-0.25, -0.2) is 4.98 Å². The van der Waals surface area contributed by atoms with Crippen LogP contribution in [0.3, 0.4) is 0 Å². The van der Waals surface area contributed by atoms with Gasteiger partial charge in [0.15, 0.2) is 0 Å². The summed E-state index contributed by atoms with van der Waals surface area (Å²) in [6.45, 7) is 0.560. The smallest absolute Gasteiger partial charge is 0.222 e. The normalized spacial score (nSPS) is 12.0. The van der Waals surface area contributed by atoms with Crippen molar-refractivity contribution in [2.75, 3.05) is 17.6 Å². The number of benzene rings is 2. The Balaban J connectivity index is 1.73. The summed E-state index contributed by atoms with van der Waals surface area (Å²) in [6, 6.07) is 11.7. The molecule has 1 aromatic heterocycles. The molecule has 2 aromatic carbocycles. The molecule has 3 N–H and O–H groups in total. The Bertz CT molecular complexity index is 1030. The van der Waals surface area contributed by atoms with E-state index in [2.05, 4.69) is 15.3 Å². The van der Waals surface area contributed by atoms with E-state index in [0.717, 1.165) is 5.56 Å². The van der Waals surface area contributed by atoms with Crippen LogP contribution in [0.4, 0.5) is 11.8 Å². The molecule has 0 amide bonds. The first-order valence-electron chi connectivity index (χ1n) is 8.05. The molecule has 28 heavy (non-hydrogen) atoms. The molecule has 146 valence electrons. The maximum absolute atomic E-state index is 10.9. The Morgan fingerprint density at radius 2 is 1.75 bits per heavy atom. The van der Waals surface area contributed by atoms with Gasteiger partial charge in [-0.2, -0.15) is 4.98 Å². The lowest BCUT2D eigenvalue weighted by atomic mass is 10.1. The van der Waals surface area contributed by atoms with Crippen LogP contribution in [0.5, 0.6) is 0 Å². The van der Waals surface area contributed by atoms with Crippen molar-refractivity contribution in [1.29, 1.82) is 0 Å². The predicted octanol–water partition coefficient (Wildman–Crippen LogP) is 4.58. The van der Waals surface area contributed by atoms with Crippen LogP contribution in [0, 0.1) is 0 Å². The lowest BCUT2D eigenvalue weighted by Crippen LogP contribution is -2.08. The van der Waals surface area contributed by atoms with E-state index in [1.54, 1.807) is 42.5 Å². The minimum atomic E-state index is -2.23. The highest BCUT2D eigenvalue weighted by Crippen LogP contribution is 2.37. The number of hydrogen-bond acceptors (Lipinski definition) is 6. The molecular formula is C18H14Cl3N4O2S-. The third kappa shape index (κ3) is 4.92. The van der Waals surface area contributed by atoms with E-state index in [4.69, 9.17) is 40.5 Å². The van der Waals surface area contributed by atoms with Crippen LogP contribution in [-0.2, 0) is 17.5 Å². The van der Waals surface area contributed by atoms with Crippen LogP contribution in [-0.4, -0.2) is 25.3 Å². The molecule has 0 radical (unpaired) electrons. The first kappa shape index (κ1) is 20.8. The van der Waals surface area contributed by atoms with Crippen molar-refractivity contribution in [3.8, 4) is 11.3 Å². The molecule has 0 aliphatic heterocycles. The monoisotopic (exact) mass is 455 g/mol. The van der Waals surface area contributed by atoms with E-state index in [-0.39, 0.29) is 20.9 Å². The molecule has 0 bridgehead atoms. The summed E-state index contributed by atoms with van der Waals surface area (Å²) in [5.74, 6) is 0.617. The molecular weight excluding hydrogens is 443 g/mol. The van der Waals surface area contributed by atoms with Crippen LogP contribution in [0.15, 0.2) is 47.4 Å². The quantitative estimate of drug-likeness (QED) is 0.415. The number of nitrogens with two attached hydrogens (primary N) is 1. The zero-order valence-electron chi connectivity index (χ0n) is 14.3. The summed E-state index contributed by atoms with van der Waals surface area (Å²) in [4.78, 5) is 8.63. The molecule has 3 aromatic rings. The summed E-state index contributed by atoms with van der Waals surface area (Å²) in [7, 11) is 0. The van der Waals surface area contributed by atoms with Gasteiger partial charge >= 0.3 is 0 Å². The molecule has 10 heteroatoms. The van der Waals surface area contributed by atoms with Crippen LogP contribution in [0.2, 0.25) is 15.1 Å². The highest BCUT2D eigenvalue weighted by atomic mass is 35.5. The predicted molar refractivity (Wildman–Crippen MR) is 113 cm³/mol. The first-order chi connectivity index (χ1) is 13.3. The van der Waals surface area contributed by atoms with Crippen molar-refractivity contribution >= 4 is 57.6 Å². The van der Waals surface area contributed by atoms with E-state index < -0.39 is 11.1 Å². The van der Waals surface area contributed by atoms with Gasteiger partial charge in [0.25, 0.3) is 0 Å². The number of nitrogens with zero attached hydrogens (tertiary/aromatic N) is 2. The molecule has 3 rings (SSSR count). The molecule has 0 fully saturated rings. The minimum absolute atomic E-state index is 0.0874. The topological polar surface area (TPSA) is 104 Å². The van der Waals surface area contributed by atoms with Crippen molar-refractivity contribution in [1.82, 2.24) is 9.97 Å². The lowest BCUT2D eigenvalue weighted by Gasteiger charge is -2.11. The summed E-state index contributed by atoms with van der Waals surface area (Å²) in [6.07, 6.45) is 0.665. The van der Waals surface area contributed by atoms with Crippen molar-refractivity contribution in [3.05, 3.63) is 63.1 Å². The van der Waals surface area contributed by atoms with E-state index in [9.17, 15) is 8.76 Å². The fourth-order valence-corrected chi connectivity index (χ4v) is 3.51. The second-order valence-corrected chi connectivity index (χ2v) is 7.88. The molecule has 1 unspecified atom stereocenters. The van der Waals surface area contributed by atoms with Gasteiger partial charge in [0, 0.05) is 23.1 Å². The third-order valence-corrected chi connectivity index (χ3v) is 5.84. The number of anilines is 2. The summed E-state index contributed by atoms with van der Waals surface area (Å²) < 4.78 is 21.8. The molecule has 0 aliphatic rings. The number of aromatic nitrogens is 2. The fourth-order valence-electron chi connectivity index (χ4n) is 2.52. The average Bonchev–Trinajstić information content (AvgIpc) is 2.66. The van der Waals surface area contributed by atoms with Gasteiger partial charge in [-0.15, -0.1) is 0 Å². The number of halogens is 3. The second-order valence-electron chi connectivity index (χ2n) is 5.77. The maximum atomic E-state index is 10.9. The second kappa shape index (κ2) is 9.07. The van der Waals surface area contributed by atoms with Gasteiger partial charge in [-0.3, -0.25) is 4.21 Å². The molecule has 0 spiro atoms. The number of nitrogen functional groups attached to an aromatic ring is 1. The van der Waals surface area contributed by atoms with Crippen LogP contribution >= 0.6 is 34.8 Å². The summed E-state index contributed by atoms with van der Waals surface area (Å²) >= 11 is 16.1. The molecule has 1 atom stereocenters. The Morgan fingerprint density at radius 3 is 2.43 bits per heavy atom. The zero-order chi connectivity index (χ0) is 20.3. The van der Waals surface area contributed by atoms with E-state index >= 15 is 0 Å². The summed E-state index contributed by atoms with van der Waals surface area (Å²) in [5.41, 5.74) is 7.91. The maximum Gasteiger partial charge on any atom is 0.222 e. The van der Waals surface area contributed by atoms with Gasteiger partial charge in [0.1, 0.15) is 5.82 Å².